The minimum absolute atomic E-state index is 0.133. The number of halogens is 2. The molecule has 154 valence electrons. The second-order valence-electron chi connectivity index (χ2n) is 6.02. The predicted octanol–water partition coefficient (Wildman–Crippen LogP) is 3.96. The molecule has 11 heteroatoms. The number of aromatic nitrogens is 1. The number of hydrogen-bond acceptors (Lipinski definition) is 7. The zero-order chi connectivity index (χ0) is 21.8. The van der Waals surface area contributed by atoms with Gasteiger partial charge in [-0.05, 0) is 17.7 Å². The zero-order valence-electron chi connectivity index (χ0n) is 15.3. The Labute approximate surface area is 172 Å². The molecule has 1 aromatic heterocycles. The van der Waals surface area contributed by atoms with Crippen LogP contribution in [0.15, 0.2) is 42.6 Å². The maximum Gasteiger partial charge on any atom is 0.338 e. The Hall–Kier alpha value is -3.73. The highest BCUT2D eigenvalue weighted by molar-refractivity contribution is 7.15. The van der Waals surface area contributed by atoms with E-state index in [4.69, 9.17) is 0 Å². The Morgan fingerprint density at radius 3 is 2.60 bits per heavy atom. The SMILES string of the molecule is COC(=O)c1cc(C(=O)Nc2ncc(Cc3ccc(F)cc3F)s2)cc([N+](=O)[O-])c1. The van der Waals surface area contributed by atoms with Crippen molar-refractivity contribution in [2.24, 2.45) is 0 Å². The quantitative estimate of drug-likeness (QED) is 0.358. The van der Waals surface area contributed by atoms with Crippen LogP contribution in [0, 0.1) is 21.7 Å². The molecule has 30 heavy (non-hydrogen) atoms. The van der Waals surface area contributed by atoms with E-state index in [-0.39, 0.29) is 28.2 Å². The van der Waals surface area contributed by atoms with E-state index in [0.29, 0.717) is 4.88 Å². The maximum absolute atomic E-state index is 13.8. The van der Waals surface area contributed by atoms with E-state index >= 15 is 0 Å². The van der Waals surface area contributed by atoms with Gasteiger partial charge < -0.3 is 4.74 Å². The smallest absolute Gasteiger partial charge is 0.338 e. The Bertz CT molecular complexity index is 1150. The highest BCUT2D eigenvalue weighted by Crippen LogP contribution is 2.24. The van der Waals surface area contributed by atoms with Gasteiger partial charge in [-0.3, -0.25) is 20.2 Å². The first-order valence-corrected chi connectivity index (χ1v) is 9.16. The van der Waals surface area contributed by atoms with Crippen molar-refractivity contribution in [3.63, 3.8) is 0 Å². The van der Waals surface area contributed by atoms with Gasteiger partial charge in [0, 0.05) is 41.3 Å². The molecule has 2 aromatic carbocycles. The van der Waals surface area contributed by atoms with Crippen LogP contribution in [-0.2, 0) is 11.2 Å². The van der Waals surface area contributed by atoms with Gasteiger partial charge in [-0.25, -0.2) is 18.6 Å². The Morgan fingerprint density at radius 2 is 1.93 bits per heavy atom. The fraction of sp³-hybridized carbons (Fsp3) is 0.105. The summed E-state index contributed by atoms with van der Waals surface area (Å²) in [6.07, 6.45) is 1.57. The number of thiazole rings is 1. The lowest BCUT2D eigenvalue weighted by Gasteiger charge is -2.05. The third kappa shape index (κ3) is 4.81. The van der Waals surface area contributed by atoms with Crippen molar-refractivity contribution >= 4 is 34.0 Å². The summed E-state index contributed by atoms with van der Waals surface area (Å²) in [6, 6.07) is 6.42. The number of hydrogen-bond donors (Lipinski definition) is 1. The lowest BCUT2D eigenvalue weighted by molar-refractivity contribution is -0.384. The monoisotopic (exact) mass is 433 g/mol. The number of methoxy groups -OCH3 is 1. The second kappa shape index (κ2) is 8.74. The minimum Gasteiger partial charge on any atom is -0.465 e. The van der Waals surface area contributed by atoms with Gasteiger partial charge in [0.1, 0.15) is 11.6 Å². The standard InChI is InChI=1S/C19H13F2N3O5S/c1-29-18(26)12-4-11(5-14(6-12)24(27)28)17(25)23-19-22-9-15(30-19)7-10-2-3-13(20)8-16(10)21/h2-6,8-9H,7H2,1H3,(H,22,23,25). The predicted molar refractivity (Wildman–Crippen MR) is 104 cm³/mol. The average molecular weight is 433 g/mol. The molecule has 0 aliphatic carbocycles. The number of anilines is 1. The van der Waals surface area contributed by atoms with E-state index in [1.54, 1.807) is 0 Å². The molecule has 0 fully saturated rings. The third-order valence-corrected chi connectivity index (χ3v) is 4.88. The lowest BCUT2D eigenvalue weighted by Crippen LogP contribution is -2.13. The largest absolute Gasteiger partial charge is 0.465 e. The van der Waals surface area contributed by atoms with Crippen LogP contribution in [0.2, 0.25) is 0 Å². The summed E-state index contributed by atoms with van der Waals surface area (Å²) >= 11 is 1.06. The van der Waals surface area contributed by atoms with Crippen molar-refractivity contribution < 1.29 is 28.0 Å². The molecule has 0 saturated heterocycles. The van der Waals surface area contributed by atoms with Crippen LogP contribution in [0.1, 0.15) is 31.2 Å². The van der Waals surface area contributed by atoms with Gasteiger partial charge in [-0.1, -0.05) is 6.07 Å². The van der Waals surface area contributed by atoms with Crippen LogP contribution in [0.4, 0.5) is 19.6 Å². The number of nitro groups is 1. The summed E-state index contributed by atoms with van der Waals surface area (Å²) in [7, 11) is 1.11. The number of benzene rings is 2. The number of ether oxygens (including phenoxy) is 1. The molecule has 0 aliphatic rings. The molecule has 3 aromatic rings. The normalized spacial score (nSPS) is 10.5. The molecule has 1 heterocycles. The molecule has 0 saturated carbocycles. The van der Waals surface area contributed by atoms with E-state index in [9.17, 15) is 28.5 Å². The molecule has 0 spiro atoms. The molecular formula is C19H13F2N3O5S. The Balaban J connectivity index is 1.79. The van der Waals surface area contributed by atoms with Gasteiger partial charge in [0.05, 0.1) is 17.6 Å². The number of nitrogens with zero attached hydrogens (tertiary/aromatic N) is 2. The number of carbonyl (C=O) groups is 2. The van der Waals surface area contributed by atoms with Crippen molar-refractivity contribution in [3.8, 4) is 0 Å². The fourth-order valence-corrected chi connectivity index (χ4v) is 3.38. The van der Waals surface area contributed by atoms with Gasteiger partial charge in [0.15, 0.2) is 5.13 Å². The molecule has 0 unspecified atom stereocenters. The first kappa shape index (κ1) is 21.0. The summed E-state index contributed by atoms with van der Waals surface area (Å²) in [5.74, 6) is -2.93. The highest BCUT2D eigenvalue weighted by Gasteiger charge is 2.19. The lowest BCUT2D eigenvalue weighted by atomic mass is 10.1. The average Bonchev–Trinajstić information content (AvgIpc) is 3.15. The Kier molecular flexibility index (Phi) is 6.11. The van der Waals surface area contributed by atoms with E-state index in [1.165, 1.54) is 12.3 Å². The van der Waals surface area contributed by atoms with Crippen molar-refractivity contribution in [1.82, 2.24) is 4.98 Å². The molecule has 0 aliphatic heterocycles. The summed E-state index contributed by atoms with van der Waals surface area (Å²) in [5, 5.41) is 13.7. The zero-order valence-corrected chi connectivity index (χ0v) is 16.2. The van der Waals surface area contributed by atoms with Crippen molar-refractivity contribution in [2.75, 3.05) is 12.4 Å². The van der Waals surface area contributed by atoms with Crippen LogP contribution in [-0.4, -0.2) is 28.9 Å². The van der Waals surface area contributed by atoms with Gasteiger partial charge in [-0.2, -0.15) is 0 Å². The summed E-state index contributed by atoms with van der Waals surface area (Å²) in [4.78, 5) is 39.2. The van der Waals surface area contributed by atoms with Crippen molar-refractivity contribution in [1.29, 1.82) is 0 Å². The van der Waals surface area contributed by atoms with Gasteiger partial charge in [0.25, 0.3) is 11.6 Å². The fourth-order valence-electron chi connectivity index (χ4n) is 2.55. The molecule has 0 atom stereocenters. The summed E-state index contributed by atoms with van der Waals surface area (Å²) in [6.45, 7) is 0. The molecule has 1 N–H and O–H groups in total. The van der Waals surface area contributed by atoms with Crippen molar-refractivity contribution in [3.05, 3.63) is 85.9 Å². The van der Waals surface area contributed by atoms with E-state index < -0.39 is 34.1 Å². The van der Waals surface area contributed by atoms with Crippen LogP contribution < -0.4 is 5.32 Å². The summed E-state index contributed by atoms with van der Waals surface area (Å²) < 4.78 is 31.3. The minimum atomic E-state index is -0.828. The van der Waals surface area contributed by atoms with E-state index in [2.05, 4.69) is 15.0 Å². The number of rotatable bonds is 6. The molecular weight excluding hydrogens is 420 g/mol. The van der Waals surface area contributed by atoms with Crippen LogP contribution in [0.25, 0.3) is 0 Å². The van der Waals surface area contributed by atoms with Crippen LogP contribution >= 0.6 is 11.3 Å². The number of nitrogens with one attached hydrogen (secondary N) is 1. The number of carbonyl (C=O) groups excluding carboxylic acids is 2. The van der Waals surface area contributed by atoms with Gasteiger partial charge in [-0.15, -0.1) is 11.3 Å². The highest BCUT2D eigenvalue weighted by atomic mass is 32.1. The van der Waals surface area contributed by atoms with E-state index in [0.717, 1.165) is 48.8 Å². The first-order chi connectivity index (χ1) is 14.3. The third-order valence-electron chi connectivity index (χ3n) is 3.97. The molecule has 0 radical (unpaired) electrons. The van der Waals surface area contributed by atoms with E-state index in [1.807, 2.05) is 0 Å². The van der Waals surface area contributed by atoms with Crippen LogP contribution in [0.3, 0.4) is 0 Å². The van der Waals surface area contributed by atoms with Crippen molar-refractivity contribution in [2.45, 2.75) is 6.42 Å². The number of non-ortho nitro benzene ring substituents is 1. The summed E-state index contributed by atoms with van der Waals surface area (Å²) in [5.41, 5.74) is -0.469. The number of nitro benzene ring substituents is 1. The Morgan fingerprint density at radius 1 is 1.20 bits per heavy atom. The molecule has 0 bridgehead atoms. The second-order valence-corrected chi connectivity index (χ2v) is 7.13. The number of esters is 1. The first-order valence-electron chi connectivity index (χ1n) is 8.34. The molecule has 1 amide bonds. The van der Waals surface area contributed by atoms with Gasteiger partial charge >= 0.3 is 5.97 Å². The van der Waals surface area contributed by atoms with Crippen LogP contribution in [0.5, 0.6) is 0 Å². The molecule has 3 rings (SSSR count). The maximum atomic E-state index is 13.8. The topological polar surface area (TPSA) is 111 Å². The van der Waals surface area contributed by atoms with Gasteiger partial charge in [0.2, 0.25) is 0 Å². The molecule has 8 nitrogen and oxygen atoms in total. The number of amides is 1.